The molecule has 31 heavy (non-hydrogen) atoms. The van der Waals surface area contributed by atoms with Crippen LogP contribution in [0.25, 0.3) is 11.3 Å². The Hall–Kier alpha value is -2.99. The number of fused-ring (bicyclic) bond motifs is 1. The number of rotatable bonds is 8. The minimum Gasteiger partial charge on any atom is -0.497 e. The zero-order valence-corrected chi connectivity index (χ0v) is 18.7. The van der Waals surface area contributed by atoms with Crippen LogP contribution in [-0.4, -0.2) is 41.8 Å². The second kappa shape index (κ2) is 9.02. The number of benzene rings is 2. The summed E-state index contributed by atoms with van der Waals surface area (Å²) < 4.78 is 11.1. The highest BCUT2D eigenvalue weighted by atomic mass is 35.5. The van der Waals surface area contributed by atoms with Gasteiger partial charge in [0.25, 0.3) is 5.91 Å². The average Bonchev–Trinajstić information content (AvgIpc) is 3.33. The SMILES string of the molecule is CCCCCN1C(=O)c2[nH]nc(-c3ccc(Cl)cc3)c2C1c1ccc(OC)cc1OC. The molecule has 0 fully saturated rings. The first kappa shape index (κ1) is 21.2. The molecule has 0 saturated heterocycles. The average molecular weight is 440 g/mol. The van der Waals surface area contributed by atoms with Gasteiger partial charge in [-0.25, -0.2) is 0 Å². The maximum atomic E-state index is 13.4. The van der Waals surface area contributed by atoms with Crippen molar-refractivity contribution in [2.75, 3.05) is 20.8 Å². The number of nitrogens with zero attached hydrogens (tertiary/aromatic N) is 2. The minimum absolute atomic E-state index is 0.0401. The molecule has 1 atom stereocenters. The van der Waals surface area contributed by atoms with E-state index in [9.17, 15) is 4.79 Å². The van der Waals surface area contributed by atoms with E-state index >= 15 is 0 Å². The molecule has 0 aliphatic carbocycles. The van der Waals surface area contributed by atoms with Crippen LogP contribution in [0, 0.1) is 0 Å². The van der Waals surface area contributed by atoms with E-state index in [4.69, 9.17) is 21.1 Å². The number of aromatic nitrogens is 2. The number of ether oxygens (including phenoxy) is 2. The van der Waals surface area contributed by atoms with Gasteiger partial charge in [-0.05, 0) is 30.7 Å². The summed E-state index contributed by atoms with van der Waals surface area (Å²) in [5.41, 5.74) is 3.96. The second-order valence-electron chi connectivity index (χ2n) is 7.58. The van der Waals surface area contributed by atoms with E-state index in [1.54, 1.807) is 14.2 Å². The Morgan fingerprint density at radius 3 is 2.55 bits per heavy atom. The molecule has 6 nitrogen and oxygen atoms in total. The predicted molar refractivity (Wildman–Crippen MR) is 121 cm³/mol. The van der Waals surface area contributed by atoms with Gasteiger partial charge in [0.05, 0.1) is 26.0 Å². The first-order valence-electron chi connectivity index (χ1n) is 10.5. The summed E-state index contributed by atoms with van der Waals surface area (Å²) in [7, 11) is 3.25. The van der Waals surface area contributed by atoms with Crippen molar-refractivity contribution in [2.24, 2.45) is 0 Å². The van der Waals surface area contributed by atoms with Crippen LogP contribution >= 0.6 is 11.6 Å². The molecule has 0 bridgehead atoms. The van der Waals surface area contributed by atoms with Crippen molar-refractivity contribution in [2.45, 2.75) is 32.2 Å². The standard InChI is InChI=1S/C24H26ClN3O3/c1-4-5-6-13-28-23(18-12-11-17(30-2)14-19(18)31-3)20-21(26-27-22(20)24(28)29)15-7-9-16(25)10-8-15/h7-12,14,23H,4-6,13H2,1-3H3,(H,26,27). The summed E-state index contributed by atoms with van der Waals surface area (Å²) in [6.45, 7) is 2.82. The molecular weight excluding hydrogens is 414 g/mol. The van der Waals surface area contributed by atoms with Gasteiger partial charge in [0.15, 0.2) is 0 Å². The number of carbonyl (C=O) groups is 1. The number of aromatic amines is 1. The number of halogens is 1. The molecule has 1 aliphatic heterocycles. The molecule has 4 rings (SSSR count). The summed E-state index contributed by atoms with van der Waals surface area (Å²) in [6, 6.07) is 12.9. The maximum Gasteiger partial charge on any atom is 0.273 e. The van der Waals surface area contributed by atoms with Gasteiger partial charge < -0.3 is 14.4 Å². The van der Waals surface area contributed by atoms with Gasteiger partial charge in [0, 0.05) is 34.3 Å². The van der Waals surface area contributed by atoms with Gasteiger partial charge in [0.1, 0.15) is 17.2 Å². The number of hydrogen-bond donors (Lipinski definition) is 1. The van der Waals surface area contributed by atoms with Crippen LogP contribution in [0.1, 0.15) is 53.8 Å². The molecule has 1 amide bonds. The number of nitrogens with one attached hydrogen (secondary N) is 1. The van der Waals surface area contributed by atoms with Crippen LogP contribution in [0.15, 0.2) is 42.5 Å². The molecule has 2 heterocycles. The summed E-state index contributed by atoms with van der Waals surface area (Å²) in [6.07, 6.45) is 3.08. The Labute approximate surface area is 187 Å². The van der Waals surface area contributed by atoms with E-state index in [0.717, 1.165) is 41.6 Å². The molecule has 2 aromatic carbocycles. The molecule has 0 spiro atoms. The first-order valence-corrected chi connectivity index (χ1v) is 10.8. The lowest BCUT2D eigenvalue weighted by Gasteiger charge is -2.27. The van der Waals surface area contributed by atoms with Gasteiger partial charge in [-0.15, -0.1) is 0 Å². The fourth-order valence-corrected chi connectivity index (χ4v) is 4.28. The number of hydrogen-bond acceptors (Lipinski definition) is 4. The molecule has 1 unspecified atom stereocenters. The Morgan fingerprint density at radius 1 is 1.10 bits per heavy atom. The lowest BCUT2D eigenvalue weighted by atomic mass is 9.95. The Kier molecular flexibility index (Phi) is 6.18. The van der Waals surface area contributed by atoms with Crippen molar-refractivity contribution in [1.29, 1.82) is 0 Å². The fraction of sp³-hybridized carbons (Fsp3) is 0.333. The third kappa shape index (κ3) is 3.88. The number of methoxy groups -OCH3 is 2. The lowest BCUT2D eigenvalue weighted by Crippen LogP contribution is -2.30. The molecule has 1 N–H and O–H groups in total. The molecule has 3 aromatic rings. The highest BCUT2D eigenvalue weighted by molar-refractivity contribution is 6.30. The van der Waals surface area contributed by atoms with Gasteiger partial charge in [-0.2, -0.15) is 5.10 Å². The van der Waals surface area contributed by atoms with E-state index in [2.05, 4.69) is 17.1 Å². The molecule has 0 radical (unpaired) electrons. The van der Waals surface area contributed by atoms with E-state index in [-0.39, 0.29) is 11.9 Å². The third-order valence-electron chi connectivity index (χ3n) is 5.72. The van der Waals surface area contributed by atoms with Crippen molar-refractivity contribution in [3.05, 3.63) is 64.3 Å². The Balaban J connectivity index is 1.86. The topological polar surface area (TPSA) is 67.5 Å². The van der Waals surface area contributed by atoms with Crippen LogP contribution in [-0.2, 0) is 0 Å². The normalized spacial score (nSPS) is 15.3. The van der Waals surface area contributed by atoms with Gasteiger partial charge in [0.2, 0.25) is 0 Å². The minimum atomic E-state index is -0.301. The molecule has 162 valence electrons. The lowest BCUT2D eigenvalue weighted by molar-refractivity contribution is 0.0739. The van der Waals surface area contributed by atoms with E-state index in [0.29, 0.717) is 28.8 Å². The van der Waals surface area contributed by atoms with Crippen LogP contribution in [0.4, 0.5) is 0 Å². The van der Waals surface area contributed by atoms with Crippen molar-refractivity contribution >= 4 is 17.5 Å². The van der Waals surface area contributed by atoms with Crippen molar-refractivity contribution in [1.82, 2.24) is 15.1 Å². The predicted octanol–water partition coefficient (Wildman–Crippen LogP) is 5.48. The zero-order valence-electron chi connectivity index (χ0n) is 17.9. The van der Waals surface area contributed by atoms with Crippen molar-refractivity contribution in [3.63, 3.8) is 0 Å². The van der Waals surface area contributed by atoms with Gasteiger partial charge >= 0.3 is 0 Å². The molecular formula is C24H26ClN3O3. The van der Waals surface area contributed by atoms with Crippen LogP contribution in [0.2, 0.25) is 5.02 Å². The highest BCUT2D eigenvalue weighted by Gasteiger charge is 2.43. The van der Waals surface area contributed by atoms with E-state index < -0.39 is 0 Å². The van der Waals surface area contributed by atoms with Gasteiger partial charge in [-0.1, -0.05) is 43.5 Å². The summed E-state index contributed by atoms with van der Waals surface area (Å²) in [5.74, 6) is 1.34. The quantitative estimate of drug-likeness (QED) is 0.472. The number of amides is 1. The first-order chi connectivity index (χ1) is 15.1. The summed E-state index contributed by atoms with van der Waals surface area (Å²) in [5, 5.41) is 8.15. The Bertz CT molecular complexity index is 1080. The summed E-state index contributed by atoms with van der Waals surface area (Å²) in [4.78, 5) is 15.3. The molecule has 7 heteroatoms. The number of carbonyl (C=O) groups excluding carboxylic acids is 1. The van der Waals surface area contributed by atoms with Crippen molar-refractivity contribution in [3.8, 4) is 22.8 Å². The Morgan fingerprint density at radius 2 is 1.87 bits per heavy atom. The van der Waals surface area contributed by atoms with Crippen LogP contribution < -0.4 is 9.47 Å². The largest absolute Gasteiger partial charge is 0.497 e. The van der Waals surface area contributed by atoms with Gasteiger partial charge in [-0.3, -0.25) is 9.89 Å². The fourth-order valence-electron chi connectivity index (χ4n) is 4.15. The van der Waals surface area contributed by atoms with E-state index in [1.807, 2.05) is 47.4 Å². The maximum absolute atomic E-state index is 13.4. The summed E-state index contributed by atoms with van der Waals surface area (Å²) >= 11 is 6.08. The second-order valence-corrected chi connectivity index (χ2v) is 8.02. The molecule has 1 aliphatic rings. The third-order valence-corrected chi connectivity index (χ3v) is 5.97. The number of H-pyrrole nitrogens is 1. The van der Waals surface area contributed by atoms with Crippen molar-refractivity contribution < 1.29 is 14.3 Å². The van der Waals surface area contributed by atoms with Crippen LogP contribution in [0.3, 0.4) is 0 Å². The smallest absolute Gasteiger partial charge is 0.273 e. The zero-order chi connectivity index (χ0) is 22.0. The van der Waals surface area contributed by atoms with Crippen LogP contribution in [0.5, 0.6) is 11.5 Å². The highest BCUT2D eigenvalue weighted by Crippen LogP contribution is 2.46. The molecule has 1 aromatic heterocycles. The monoisotopic (exact) mass is 439 g/mol. The van der Waals surface area contributed by atoms with E-state index in [1.165, 1.54) is 0 Å². The molecule has 0 saturated carbocycles. The number of unbranched alkanes of at least 4 members (excludes halogenated alkanes) is 2.